The topological polar surface area (TPSA) is 58.5 Å². The van der Waals surface area contributed by atoms with E-state index in [9.17, 15) is 0 Å². The van der Waals surface area contributed by atoms with Gasteiger partial charge in [0.25, 0.3) is 0 Å². The average molecular weight is 312 g/mol. The van der Waals surface area contributed by atoms with Crippen molar-refractivity contribution in [3.63, 3.8) is 0 Å². The van der Waals surface area contributed by atoms with E-state index < -0.39 is 0 Å². The first-order chi connectivity index (χ1) is 10.2. The molecule has 0 spiro atoms. The smallest absolute Gasteiger partial charge is 0.191 e. The van der Waals surface area contributed by atoms with Crippen LogP contribution in [0, 0.1) is 6.92 Å². The fourth-order valence-corrected chi connectivity index (χ4v) is 2.94. The Balaban J connectivity index is 2.38. The molecular weight excluding hydrogens is 284 g/mol. The lowest BCUT2D eigenvalue weighted by Crippen LogP contribution is -2.38. The first-order valence-electron chi connectivity index (χ1n) is 7.76. The fraction of sp³-hybridized carbons (Fsp3) is 0.733. The minimum Gasteiger partial charge on any atom is -0.380 e. The Kier molecular flexibility index (Phi) is 9.01. The van der Waals surface area contributed by atoms with Gasteiger partial charge in [-0.3, -0.25) is 4.99 Å². The highest BCUT2D eigenvalue weighted by Crippen LogP contribution is 2.17. The van der Waals surface area contributed by atoms with Crippen LogP contribution in [0.15, 0.2) is 4.99 Å². The van der Waals surface area contributed by atoms with E-state index in [-0.39, 0.29) is 0 Å². The van der Waals surface area contributed by atoms with E-state index in [1.165, 1.54) is 15.6 Å². The summed E-state index contributed by atoms with van der Waals surface area (Å²) in [7, 11) is 0. The molecule has 0 atom stereocenters. The number of aromatic nitrogens is 1. The second-order valence-electron chi connectivity index (χ2n) is 4.60. The molecule has 2 N–H and O–H groups in total. The second-order valence-corrected chi connectivity index (χ2v) is 5.89. The number of aliphatic imine (C=N–C) groups is 1. The van der Waals surface area contributed by atoms with Gasteiger partial charge in [0.05, 0.1) is 23.9 Å². The lowest BCUT2D eigenvalue weighted by atomic mass is 10.3. The average Bonchev–Trinajstić information content (AvgIpc) is 2.83. The van der Waals surface area contributed by atoms with Gasteiger partial charge < -0.3 is 15.4 Å². The molecule has 1 aromatic heterocycles. The molecule has 1 heterocycles. The van der Waals surface area contributed by atoms with Gasteiger partial charge in [-0.25, -0.2) is 4.98 Å². The third-order valence-electron chi connectivity index (χ3n) is 2.96. The van der Waals surface area contributed by atoms with Gasteiger partial charge in [0, 0.05) is 31.0 Å². The molecule has 120 valence electrons. The number of rotatable bonds is 9. The standard InChI is InChI=1S/C15H28N4OS/c1-5-13-12(4)21-14(19-13)8-9-17-15(16-6-2)18-10-11-20-7-3/h5-11H2,1-4H3,(H2,16,17,18). The van der Waals surface area contributed by atoms with Crippen LogP contribution in [-0.4, -0.2) is 43.8 Å². The molecule has 0 aromatic carbocycles. The Labute approximate surface area is 132 Å². The molecule has 0 fully saturated rings. The Morgan fingerprint density at radius 3 is 2.71 bits per heavy atom. The summed E-state index contributed by atoms with van der Waals surface area (Å²) in [6.07, 6.45) is 1.94. The predicted molar refractivity (Wildman–Crippen MR) is 90.4 cm³/mol. The van der Waals surface area contributed by atoms with Gasteiger partial charge in [0.2, 0.25) is 0 Å². The number of aryl methyl sites for hydroxylation is 2. The van der Waals surface area contributed by atoms with Crippen LogP contribution in [0.4, 0.5) is 0 Å². The van der Waals surface area contributed by atoms with E-state index in [4.69, 9.17) is 4.74 Å². The maximum atomic E-state index is 5.29. The summed E-state index contributed by atoms with van der Waals surface area (Å²) in [5, 5.41) is 7.78. The maximum Gasteiger partial charge on any atom is 0.191 e. The number of ether oxygens (including phenoxy) is 1. The zero-order valence-corrected chi connectivity index (χ0v) is 14.5. The van der Waals surface area contributed by atoms with Crippen molar-refractivity contribution in [1.29, 1.82) is 0 Å². The van der Waals surface area contributed by atoms with E-state index in [1.807, 2.05) is 6.92 Å². The van der Waals surface area contributed by atoms with Crippen molar-refractivity contribution in [2.75, 3.05) is 32.8 Å². The largest absolute Gasteiger partial charge is 0.380 e. The monoisotopic (exact) mass is 312 g/mol. The molecule has 0 radical (unpaired) electrons. The van der Waals surface area contributed by atoms with Gasteiger partial charge in [-0.15, -0.1) is 11.3 Å². The van der Waals surface area contributed by atoms with Crippen molar-refractivity contribution in [2.24, 2.45) is 4.99 Å². The SMILES string of the molecule is CCNC(=NCCOCC)NCCc1nc(CC)c(C)s1. The van der Waals surface area contributed by atoms with Crippen LogP contribution in [0.1, 0.15) is 36.3 Å². The summed E-state index contributed by atoms with van der Waals surface area (Å²) >= 11 is 1.80. The summed E-state index contributed by atoms with van der Waals surface area (Å²) in [6, 6.07) is 0. The van der Waals surface area contributed by atoms with Gasteiger partial charge in [0.1, 0.15) is 0 Å². The second kappa shape index (κ2) is 10.6. The first kappa shape index (κ1) is 17.9. The fourth-order valence-electron chi connectivity index (χ4n) is 1.92. The van der Waals surface area contributed by atoms with Crippen LogP contribution in [0.25, 0.3) is 0 Å². The third-order valence-corrected chi connectivity index (χ3v) is 4.03. The predicted octanol–water partition coefficient (Wildman–Crippen LogP) is 2.15. The van der Waals surface area contributed by atoms with Gasteiger partial charge in [-0.05, 0) is 27.2 Å². The number of hydrogen-bond acceptors (Lipinski definition) is 4. The quantitative estimate of drug-likeness (QED) is 0.417. The molecule has 1 rings (SSSR count). The molecule has 0 unspecified atom stereocenters. The molecule has 0 saturated heterocycles. The Morgan fingerprint density at radius 1 is 1.29 bits per heavy atom. The molecule has 0 bridgehead atoms. The lowest BCUT2D eigenvalue weighted by Gasteiger charge is -2.10. The van der Waals surface area contributed by atoms with E-state index in [0.29, 0.717) is 13.2 Å². The Morgan fingerprint density at radius 2 is 2.10 bits per heavy atom. The molecule has 1 aromatic rings. The summed E-state index contributed by atoms with van der Waals surface area (Å²) < 4.78 is 5.29. The molecule has 0 aliphatic carbocycles. The van der Waals surface area contributed by atoms with Crippen molar-refractivity contribution in [3.8, 4) is 0 Å². The van der Waals surface area contributed by atoms with Crippen LogP contribution in [0.2, 0.25) is 0 Å². The molecule has 21 heavy (non-hydrogen) atoms. The highest BCUT2D eigenvalue weighted by Gasteiger charge is 2.05. The lowest BCUT2D eigenvalue weighted by molar-refractivity contribution is 0.155. The van der Waals surface area contributed by atoms with Crippen LogP contribution < -0.4 is 10.6 Å². The van der Waals surface area contributed by atoms with E-state index >= 15 is 0 Å². The van der Waals surface area contributed by atoms with Crippen molar-refractivity contribution in [1.82, 2.24) is 15.6 Å². The summed E-state index contributed by atoms with van der Waals surface area (Å²) in [5.41, 5.74) is 1.23. The van der Waals surface area contributed by atoms with E-state index in [2.05, 4.69) is 41.4 Å². The van der Waals surface area contributed by atoms with Gasteiger partial charge in [-0.1, -0.05) is 6.92 Å². The number of guanidine groups is 1. The molecule has 0 aliphatic heterocycles. The normalized spacial score (nSPS) is 11.7. The van der Waals surface area contributed by atoms with Crippen molar-refractivity contribution < 1.29 is 4.74 Å². The highest BCUT2D eigenvalue weighted by atomic mass is 32.1. The molecule has 6 heteroatoms. The molecule has 0 aliphatic rings. The number of hydrogen-bond donors (Lipinski definition) is 2. The number of nitrogens with zero attached hydrogens (tertiary/aromatic N) is 2. The molecule has 0 saturated carbocycles. The van der Waals surface area contributed by atoms with Gasteiger partial charge >= 0.3 is 0 Å². The van der Waals surface area contributed by atoms with Crippen molar-refractivity contribution >= 4 is 17.3 Å². The minimum absolute atomic E-state index is 0.665. The van der Waals surface area contributed by atoms with E-state index in [0.717, 1.165) is 38.5 Å². The molecule has 5 nitrogen and oxygen atoms in total. The van der Waals surface area contributed by atoms with Gasteiger partial charge in [-0.2, -0.15) is 0 Å². The number of nitrogens with one attached hydrogen (secondary N) is 2. The van der Waals surface area contributed by atoms with Crippen LogP contribution in [0.5, 0.6) is 0 Å². The van der Waals surface area contributed by atoms with Crippen LogP contribution >= 0.6 is 11.3 Å². The molecular formula is C15H28N4OS. The number of thiazole rings is 1. The van der Waals surface area contributed by atoms with E-state index in [1.54, 1.807) is 11.3 Å². The van der Waals surface area contributed by atoms with Crippen LogP contribution in [-0.2, 0) is 17.6 Å². The summed E-state index contributed by atoms with van der Waals surface area (Å²) in [5.74, 6) is 0.848. The van der Waals surface area contributed by atoms with Crippen molar-refractivity contribution in [2.45, 2.75) is 40.5 Å². The minimum atomic E-state index is 0.665. The van der Waals surface area contributed by atoms with Crippen LogP contribution in [0.3, 0.4) is 0 Å². The maximum absolute atomic E-state index is 5.29. The van der Waals surface area contributed by atoms with Crippen molar-refractivity contribution in [3.05, 3.63) is 15.6 Å². The zero-order chi connectivity index (χ0) is 15.5. The summed E-state index contributed by atoms with van der Waals surface area (Å²) in [4.78, 5) is 10.5. The Bertz CT molecular complexity index is 431. The summed E-state index contributed by atoms with van der Waals surface area (Å²) in [6.45, 7) is 12.1. The molecule has 0 amide bonds. The van der Waals surface area contributed by atoms with Gasteiger partial charge in [0.15, 0.2) is 5.96 Å². The third kappa shape index (κ3) is 6.91. The highest BCUT2D eigenvalue weighted by molar-refractivity contribution is 7.11. The Hall–Kier alpha value is -1.14. The zero-order valence-electron chi connectivity index (χ0n) is 13.7. The first-order valence-corrected chi connectivity index (χ1v) is 8.57.